The first kappa shape index (κ1) is 22.1. The molecule has 132 valence electrons. The van der Waals surface area contributed by atoms with Crippen molar-refractivity contribution in [3.05, 3.63) is 30.1 Å². The fourth-order valence-corrected chi connectivity index (χ4v) is 1.80. The number of guanidine groups is 1. The van der Waals surface area contributed by atoms with Gasteiger partial charge in [0, 0.05) is 51.7 Å². The van der Waals surface area contributed by atoms with Gasteiger partial charge in [0.05, 0.1) is 13.2 Å². The van der Waals surface area contributed by atoms with Gasteiger partial charge in [0.2, 0.25) is 0 Å². The molecule has 1 aromatic rings. The van der Waals surface area contributed by atoms with E-state index >= 15 is 0 Å². The molecule has 0 aromatic carbocycles. The summed E-state index contributed by atoms with van der Waals surface area (Å²) in [6.45, 7) is 6.45. The number of methoxy groups -OCH3 is 1. The second kappa shape index (κ2) is 15.9. The summed E-state index contributed by atoms with van der Waals surface area (Å²) in [6.07, 6.45) is 3.60. The van der Waals surface area contributed by atoms with E-state index in [1.54, 1.807) is 7.11 Å². The zero-order valence-corrected chi connectivity index (χ0v) is 16.4. The van der Waals surface area contributed by atoms with Crippen LogP contribution < -0.4 is 10.6 Å². The zero-order valence-electron chi connectivity index (χ0n) is 14.1. The number of ether oxygens (including phenoxy) is 2. The Morgan fingerprint density at radius 2 is 2.09 bits per heavy atom. The monoisotopic (exact) mass is 436 g/mol. The fraction of sp³-hybridized carbons (Fsp3) is 0.625. The van der Waals surface area contributed by atoms with Crippen LogP contribution in [0.5, 0.6) is 0 Å². The fourth-order valence-electron chi connectivity index (χ4n) is 1.80. The van der Waals surface area contributed by atoms with Gasteiger partial charge in [-0.25, -0.2) is 0 Å². The largest absolute Gasteiger partial charge is 0.382 e. The molecule has 0 spiro atoms. The summed E-state index contributed by atoms with van der Waals surface area (Å²) in [5, 5.41) is 6.56. The molecule has 0 fully saturated rings. The minimum absolute atomic E-state index is 0. The maximum atomic E-state index is 5.41. The van der Waals surface area contributed by atoms with Gasteiger partial charge < -0.3 is 20.1 Å². The van der Waals surface area contributed by atoms with Crippen LogP contribution in [-0.2, 0) is 15.9 Å². The summed E-state index contributed by atoms with van der Waals surface area (Å²) >= 11 is 0. The van der Waals surface area contributed by atoms with Crippen LogP contribution in [0.25, 0.3) is 0 Å². The van der Waals surface area contributed by atoms with Crippen molar-refractivity contribution in [1.82, 2.24) is 15.6 Å². The highest BCUT2D eigenvalue weighted by molar-refractivity contribution is 14.0. The van der Waals surface area contributed by atoms with Crippen LogP contribution in [-0.4, -0.2) is 57.5 Å². The molecule has 0 bridgehead atoms. The first-order valence-electron chi connectivity index (χ1n) is 7.85. The summed E-state index contributed by atoms with van der Waals surface area (Å²) in [5.41, 5.74) is 1.08. The SMILES string of the molecule is CCNC(=NCCCOCCOC)NCCc1ccccn1.I. The molecular formula is C16H29IN4O2. The van der Waals surface area contributed by atoms with E-state index in [-0.39, 0.29) is 24.0 Å². The third-order valence-corrected chi connectivity index (χ3v) is 2.89. The Morgan fingerprint density at radius 3 is 2.78 bits per heavy atom. The minimum atomic E-state index is 0. The molecule has 1 heterocycles. The van der Waals surface area contributed by atoms with Crippen molar-refractivity contribution in [2.75, 3.05) is 46.6 Å². The molecule has 0 saturated carbocycles. The Bertz CT molecular complexity index is 404. The van der Waals surface area contributed by atoms with E-state index in [0.717, 1.165) is 44.1 Å². The van der Waals surface area contributed by atoms with Gasteiger partial charge in [-0.15, -0.1) is 24.0 Å². The van der Waals surface area contributed by atoms with E-state index in [1.165, 1.54) is 0 Å². The van der Waals surface area contributed by atoms with Gasteiger partial charge in [0.1, 0.15) is 0 Å². The average molecular weight is 436 g/mol. The van der Waals surface area contributed by atoms with Crippen LogP contribution in [0, 0.1) is 0 Å². The molecule has 0 aliphatic carbocycles. The predicted octanol–water partition coefficient (Wildman–Crippen LogP) is 1.85. The van der Waals surface area contributed by atoms with Gasteiger partial charge in [-0.1, -0.05) is 6.07 Å². The molecule has 6 nitrogen and oxygen atoms in total. The number of aromatic nitrogens is 1. The number of hydrogen-bond acceptors (Lipinski definition) is 4. The Hall–Kier alpha value is -0.930. The highest BCUT2D eigenvalue weighted by atomic mass is 127. The maximum Gasteiger partial charge on any atom is 0.191 e. The van der Waals surface area contributed by atoms with E-state index in [4.69, 9.17) is 9.47 Å². The minimum Gasteiger partial charge on any atom is -0.382 e. The first-order valence-corrected chi connectivity index (χ1v) is 7.85. The lowest BCUT2D eigenvalue weighted by atomic mass is 10.3. The second-order valence-electron chi connectivity index (χ2n) is 4.72. The molecule has 7 heteroatoms. The molecule has 0 aliphatic heterocycles. The lowest BCUT2D eigenvalue weighted by Crippen LogP contribution is -2.38. The van der Waals surface area contributed by atoms with Gasteiger partial charge >= 0.3 is 0 Å². The first-order chi connectivity index (χ1) is 10.9. The summed E-state index contributed by atoms with van der Waals surface area (Å²) in [4.78, 5) is 8.83. The Kier molecular flexibility index (Phi) is 15.3. The molecule has 0 aliphatic rings. The molecule has 0 unspecified atom stereocenters. The quantitative estimate of drug-likeness (QED) is 0.240. The van der Waals surface area contributed by atoms with Crippen LogP contribution in [0.2, 0.25) is 0 Å². The van der Waals surface area contributed by atoms with Crippen molar-refractivity contribution >= 4 is 29.9 Å². The number of nitrogens with zero attached hydrogens (tertiary/aromatic N) is 2. The van der Waals surface area contributed by atoms with Crippen molar-refractivity contribution < 1.29 is 9.47 Å². The molecule has 0 atom stereocenters. The van der Waals surface area contributed by atoms with E-state index in [9.17, 15) is 0 Å². The van der Waals surface area contributed by atoms with Crippen LogP contribution in [0.1, 0.15) is 19.0 Å². The highest BCUT2D eigenvalue weighted by Gasteiger charge is 1.98. The van der Waals surface area contributed by atoms with E-state index < -0.39 is 0 Å². The van der Waals surface area contributed by atoms with Crippen LogP contribution in [0.15, 0.2) is 29.4 Å². The van der Waals surface area contributed by atoms with Gasteiger partial charge in [-0.3, -0.25) is 9.98 Å². The molecule has 2 N–H and O–H groups in total. The van der Waals surface area contributed by atoms with Crippen molar-refractivity contribution in [1.29, 1.82) is 0 Å². The van der Waals surface area contributed by atoms with Crippen molar-refractivity contribution in [3.63, 3.8) is 0 Å². The lowest BCUT2D eigenvalue weighted by molar-refractivity contribution is 0.0702. The Labute approximate surface area is 156 Å². The number of rotatable bonds is 11. The van der Waals surface area contributed by atoms with Crippen molar-refractivity contribution in [2.45, 2.75) is 19.8 Å². The van der Waals surface area contributed by atoms with E-state index in [0.29, 0.717) is 19.8 Å². The highest BCUT2D eigenvalue weighted by Crippen LogP contribution is 1.93. The van der Waals surface area contributed by atoms with Gasteiger partial charge in [-0.2, -0.15) is 0 Å². The molecule has 0 radical (unpaired) electrons. The number of nitrogens with one attached hydrogen (secondary N) is 2. The maximum absolute atomic E-state index is 5.41. The normalized spacial score (nSPS) is 11.0. The van der Waals surface area contributed by atoms with Crippen molar-refractivity contribution in [2.24, 2.45) is 4.99 Å². The molecule has 0 saturated heterocycles. The standard InChI is InChI=1S/C16H28N4O2.HI/c1-3-17-16(19-10-6-12-22-14-13-21-2)20-11-8-15-7-4-5-9-18-15;/h4-5,7,9H,3,6,8,10-14H2,1-2H3,(H2,17,19,20);1H. The lowest BCUT2D eigenvalue weighted by Gasteiger charge is -2.11. The number of halogens is 1. The summed E-state index contributed by atoms with van der Waals surface area (Å²) in [6, 6.07) is 5.96. The van der Waals surface area contributed by atoms with E-state index in [2.05, 4.69) is 27.5 Å². The summed E-state index contributed by atoms with van der Waals surface area (Å²) < 4.78 is 10.3. The van der Waals surface area contributed by atoms with Gasteiger partial charge in [0.25, 0.3) is 0 Å². The number of pyridine rings is 1. The zero-order chi connectivity index (χ0) is 15.9. The van der Waals surface area contributed by atoms with Crippen LogP contribution >= 0.6 is 24.0 Å². The third kappa shape index (κ3) is 12.2. The van der Waals surface area contributed by atoms with Crippen molar-refractivity contribution in [3.8, 4) is 0 Å². The van der Waals surface area contributed by atoms with Gasteiger partial charge in [0.15, 0.2) is 5.96 Å². The Balaban J connectivity index is 0.00000484. The molecule has 23 heavy (non-hydrogen) atoms. The summed E-state index contributed by atoms with van der Waals surface area (Å²) in [5.74, 6) is 0.843. The topological polar surface area (TPSA) is 67.8 Å². The van der Waals surface area contributed by atoms with Gasteiger partial charge in [-0.05, 0) is 25.5 Å². The van der Waals surface area contributed by atoms with E-state index in [1.807, 2.05) is 24.4 Å². The summed E-state index contributed by atoms with van der Waals surface area (Å²) in [7, 11) is 1.67. The third-order valence-electron chi connectivity index (χ3n) is 2.89. The number of hydrogen-bond donors (Lipinski definition) is 2. The van der Waals surface area contributed by atoms with Crippen LogP contribution in [0.3, 0.4) is 0 Å². The molecule has 1 aromatic heterocycles. The molecular weight excluding hydrogens is 407 g/mol. The average Bonchev–Trinajstić information content (AvgIpc) is 2.55. The Morgan fingerprint density at radius 1 is 1.22 bits per heavy atom. The molecule has 0 amide bonds. The second-order valence-corrected chi connectivity index (χ2v) is 4.72. The van der Waals surface area contributed by atoms with Crippen LogP contribution in [0.4, 0.5) is 0 Å². The smallest absolute Gasteiger partial charge is 0.191 e. The predicted molar refractivity (Wildman–Crippen MR) is 105 cm³/mol. The molecule has 1 rings (SSSR count). The number of aliphatic imine (C=N–C) groups is 1.